The van der Waals surface area contributed by atoms with E-state index in [-0.39, 0.29) is 11.4 Å². The number of nitroso groups, excluding NO2 is 1. The van der Waals surface area contributed by atoms with Gasteiger partial charge in [-0.2, -0.15) is 0 Å². The molecule has 3 rings (SSSR count). The van der Waals surface area contributed by atoms with Gasteiger partial charge in [-0.25, -0.2) is 4.98 Å². The zero-order valence-corrected chi connectivity index (χ0v) is 10.4. The standard InChI is InChI=1S/C14H12N2O3/c1-2-5-10-15-12-11(16-18)13(17)8-6-3-4-7-9(8)14(12)19-10/h3-4,6-7,17H,2,5H2,1H3. The summed E-state index contributed by atoms with van der Waals surface area (Å²) in [6.07, 6.45) is 1.57. The number of benzene rings is 2. The van der Waals surface area contributed by atoms with E-state index in [9.17, 15) is 10.0 Å². The van der Waals surface area contributed by atoms with Crippen LogP contribution in [0.1, 0.15) is 19.2 Å². The highest BCUT2D eigenvalue weighted by molar-refractivity contribution is 6.12. The van der Waals surface area contributed by atoms with Crippen LogP contribution < -0.4 is 0 Å². The maximum Gasteiger partial charge on any atom is 0.195 e. The fraction of sp³-hybridized carbons (Fsp3) is 0.214. The number of phenolic OH excluding ortho intramolecular Hbond substituents is 1. The van der Waals surface area contributed by atoms with Crippen molar-refractivity contribution in [3.8, 4) is 5.75 Å². The van der Waals surface area contributed by atoms with Crippen LogP contribution in [-0.2, 0) is 6.42 Å². The molecule has 0 atom stereocenters. The van der Waals surface area contributed by atoms with Gasteiger partial charge in [0.15, 0.2) is 22.9 Å². The Morgan fingerprint density at radius 1 is 1.32 bits per heavy atom. The number of oxazole rings is 1. The van der Waals surface area contributed by atoms with Gasteiger partial charge in [-0.1, -0.05) is 31.2 Å². The minimum Gasteiger partial charge on any atom is -0.505 e. The molecule has 96 valence electrons. The topological polar surface area (TPSA) is 75.7 Å². The summed E-state index contributed by atoms with van der Waals surface area (Å²) < 4.78 is 5.70. The van der Waals surface area contributed by atoms with E-state index in [1.54, 1.807) is 12.1 Å². The second kappa shape index (κ2) is 4.35. The zero-order valence-electron chi connectivity index (χ0n) is 10.4. The molecule has 0 saturated heterocycles. The summed E-state index contributed by atoms with van der Waals surface area (Å²) >= 11 is 0. The van der Waals surface area contributed by atoms with Crippen molar-refractivity contribution < 1.29 is 9.52 Å². The molecule has 0 unspecified atom stereocenters. The Hall–Kier alpha value is -2.43. The second-order valence-electron chi connectivity index (χ2n) is 4.37. The van der Waals surface area contributed by atoms with E-state index < -0.39 is 0 Å². The Morgan fingerprint density at radius 2 is 2.05 bits per heavy atom. The Morgan fingerprint density at radius 3 is 2.74 bits per heavy atom. The molecule has 5 nitrogen and oxygen atoms in total. The quantitative estimate of drug-likeness (QED) is 0.717. The predicted octanol–water partition coefficient (Wildman–Crippen LogP) is 4.04. The van der Waals surface area contributed by atoms with Crippen LogP contribution in [-0.4, -0.2) is 10.1 Å². The third kappa shape index (κ3) is 1.66. The van der Waals surface area contributed by atoms with Gasteiger partial charge in [-0.3, -0.25) is 0 Å². The average Bonchev–Trinajstić information content (AvgIpc) is 2.84. The van der Waals surface area contributed by atoms with Gasteiger partial charge in [0, 0.05) is 17.2 Å². The van der Waals surface area contributed by atoms with Crippen molar-refractivity contribution in [2.24, 2.45) is 5.18 Å². The first kappa shape index (κ1) is 11.6. The van der Waals surface area contributed by atoms with E-state index in [1.165, 1.54) is 0 Å². The van der Waals surface area contributed by atoms with Gasteiger partial charge in [0.05, 0.1) is 0 Å². The van der Waals surface area contributed by atoms with Crippen molar-refractivity contribution in [1.82, 2.24) is 4.98 Å². The van der Waals surface area contributed by atoms with Crippen molar-refractivity contribution in [1.29, 1.82) is 0 Å². The van der Waals surface area contributed by atoms with Crippen molar-refractivity contribution in [2.75, 3.05) is 0 Å². The van der Waals surface area contributed by atoms with E-state index in [4.69, 9.17) is 4.42 Å². The predicted molar refractivity (Wildman–Crippen MR) is 72.6 cm³/mol. The number of hydrogen-bond donors (Lipinski definition) is 1. The molecule has 0 bridgehead atoms. The second-order valence-corrected chi connectivity index (χ2v) is 4.37. The molecule has 0 aliphatic rings. The molecular formula is C14H12N2O3. The number of nitrogens with zero attached hydrogens (tertiary/aromatic N) is 2. The maximum atomic E-state index is 11.0. The lowest BCUT2D eigenvalue weighted by molar-refractivity contribution is 0.483. The number of fused-ring (bicyclic) bond motifs is 3. The van der Waals surface area contributed by atoms with Crippen molar-refractivity contribution in [3.05, 3.63) is 35.1 Å². The lowest BCUT2D eigenvalue weighted by Crippen LogP contribution is -1.81. The molecule has 19 heavy (non-hydrogen) atoms. The Bertz CT molecular complexity index is 777. The van der Waals surface area contributed by atoms with E-state index >= 15 is 0 Å². The van der Waals surface area contributed by atoms with E-state index in [2.05, 4.69) is 10.2 Å². The molecule has 1 N–H and O–H groups in total. The average molecular weight is 256 g/mol. The SMILES string of the molecule is CCCc1nc2c(N=O)c(O)c3ccccc3c2o1. The summed E-state index contributed by atoms with van der Waals surface area (Å²) in [6, 6.07) is 7.18. The maximum absolute atomic E-state index is 11.0. The van der Waals surface area contributed by atoms with Gasteiger partial charge in [0.1, 0.15) is 5.52 Å². The fourth-order valence-corrected chi connectivity index (χ4v) is 2.24. The molecule has 1 aromatic heterocycles. The highest BCUT2D eigenvalue weighted by Crippen LogP contribution is 2.42. The van der Waals surface area contributed by atoms with Crippen molar-refractivity contribution >= 4 is 27.6 Å². The highest BCUT2D eigenvalue weighted by Gasteiger charge is 2.19. The molecule has 0 aliphatic heterocycles. The van der Waals surface area contributed by atoms with Gasteiger partial charge in [0.25, 0.3) is 0 Å². The van der Waals surface area contributed by atoms with Crippen LogP contribution in [0.4, 0.5) is 5.69 Å². The third-order valence-corrected chi connectivity index (χ3v) is 3.10. The largest absolute Gasteiger partial charge is 0.505 e. The van der Waals surface area contributed by atoms with Crippen LogP contribution in [0.2, 0.25) is 0 Å². The van der Waals surface area contributed by atoms with Crippen LogP contribution in [0, 0.1) is 4.91 Å². The van der Waals surface area contributed by atoms with Crippen LogP contribution in [0.5, 0.6) is 5.75 Å². The van der Waals surface area contributed by atoms with Crippen LogP contribution in [0.3, 0.4) is 0 Å². The number of aryl methyl sites for hydroxylation is 1. The van der Waals surface area contributed by atoms with Crippen molar-refractivity contribution in [3.63, 3.8) is 0 Å². The molecule has 0 fully saturated rings. The summed E-state index contributed by atoms with van der Waals surface area (Å²) in [5, 5.41) is 14.3. The van der Waals surface area contributed by atoms with E-state index in [1.807, 2.05) is 19.1 Å². The number of aromatic hydroxyl groups is 1. The number of aromatic nitrogens is 1. The first-order valence-electron chi connectivity index (χ1n) is 6.12. The van der Waals surface area contributed by atoms with Gasteiger partial charge >= 0.3 is 0 Å². The minimum atomic E-state index is -0.144. The summed E-state index contributed by atoms with van der Waals surface area (Å²) in [6.45, 7) is 2.02. The summed E-state index contributed by atoms with van der Waals surface area (Å²) in [4.78, 5) is 15.2. The van der Waals surface area contributed by atoms with Crippen LogP contribution >= 0.6 is 0 Å². The lowest BCUT2D eigenvalue weighted by Gasteiger charge is -2.02. The van der Waals surface area contributed by atoms with Crippen LogP contribution in [0.25, 0.3) is 21.9 Å². The lowest BCUT2D eigenvalue weighted by atomic mass is 10.1. The molecule has 2 aromatic carbocycles. The molecule has 0 aliphatic carbocycles. The first-order chi connectivity index (χ1) is 9.26. The number of phenols is 1. The summed E-state index contributed by atoms with van der Waals surface area (Å²) in [7, 11) is 0. The molecule has 0 spiro atoms. The Kier molecular flexibility index (Phi) is 2.67. The van der Waals surface area contributed by atoms with E-state index in [0.717, 1.165) is 11.8 Å². The molecule has 1 heterocycles. The van der Waals surface area contributed by atoms with Gasteiger partial charge < -0.3 is 9.52 Å². The van der Waals surface area contributed by atoms with Crippen molar-refractivity contribution in [2.45, 2.75) is 19.8 Å². The minimum absolute atomic E-state index is 0.0557. The zero-order chi connectivity index (χ0) is 13.4. The van der Waals surface area contributed by atoms with E-state index in [0.29, 0.717) is 28.8 Å². The molecule has 3 aromatic rings. The molecule has 0 saturated carbocycles. The van der Waals surface area contributed by atoms with Crippen LogP contribution in [0.15, 0.2) is 33.9 Å². The highest BCUT2D eigenvalue weighted by atomic mass is 16.3. The first-order valence-corrected chi connectivity index (χ1v) is 6.12. The number of hydrogen-bond acceptors (Lipinski definition) is 5. The third-order valence-electron chi connectivity index (χ3n) is 3.10. The molecular weight excluding hydrogens is 244 g/mol. The van der Waals surface area contributed by atoms with Gasteiger partial charge in [-0.15, -0.1) is 4.91 Å². The molecule has 5 heteroatoms. The smallest absolute Gasteiger partial charge is 0.195 e. The summed E-state index contributed by atoms with van der Waals surface area (Å²) in [5.41, 5.74) is 0.779. The van der Waals surface area contributed by atoms with Gasteiger partial charge in [0.2, 0.25) is 0 Å². The Balaban J connectivity index is 2.48. The Labute approximate surface area is 108 Å². The number of rotatable bonds is 3. The van der Waals surface area contributed by atoms with Gasteiger partial charge in [-0.05, 0) is 11.6 Å². The monoisotopic (exact) mass is 256 g/mol. The molecule has 0 amide bonds. The molecule has 0 radical (unpaired) electrons. The summed E-state index contributed by atoms with van der Waals surface area (Å²) in [5.74, 6) is 0.410. The normalized spacial score (nSPS) is 11.2. The fourth-order valence-electron chi connectivity index (χ4n) is 2.24.